The molecule has 1 heterocycles. The molecule has 0 saturated heterocycles. The molecule has 5 nitrogen and oxygen atoms in total. The van der Waals surface area contributed by atoms with Crippen molar-refractivity contribution in [2.75, 3.05) is 18.9 Å². The maximum atomic E-state index is 9.18. The second-order valence-electron chi connectivity index (χ2n) is 4.31. The molecule has 2 rings (SSSR count). The Bertz CT molecular complexity index is 661. The number of aromatic nitrogens is 1. The topological polar surface area (TPSA) is 73.2 Å². The number of nitrogens with two attached hydrogens (primary N) is 1. The van der Waals surface area contributed by atoms with E-state index in [9.17, 15) is 5.26 Å². The van der Waals surface area contributed by atoms with E-state index in [-0.39, 0.29) is 0 Å². The minimum Gasteiger partial charge on any atom is -0.439 e. The Labute approximate surface area is 128 Å². The standard InChI is InChI=1S/C15H16ClN3O2/c1-2-20-7-6-19-12(10-17)9-14(18)15(19)21-13-5-3-4-11(16)8-13/h3-5,8-9H,2,6-7,18H2,1H3. The molecule has 2 aromatic rings. The predicted molar refractivity (Wildman–Crippen MR) is 81.6 cm³/mol. The molecule has 1 aromatic heterocycles. The van der Waals surface area contributed by atoms with E-state index in [0.717, 1.165) is 0 Å². The summed E-state index contributed by atoms with van der Waals surface area (Å²) in [4.78, 5) is 0. The molecule has 6 heteroatoms. The molecule has 0 radical (unpaired) electrons. The highest BCUT2D eigenvalue weighted by Crippen LogP contribution is 2.32. The van der Waals surface area contributed by atoms with Crippen molar-refractivity contribution in [1.29, 1.82) is 5.26 Å². The van der Waals surface area contributed by atoms with E-state index < -0.39 is 0 Å². The lowest BCUT2D eigenvalue weighted by Gasteiger charge is -2.12. The third-order valence-corrected chi connectivity index (χ3v) is 3.10. The molecule has 0 amide bonds. The third-order valence-electron chi connectivity index (χ3n) is 2.86. The van der Waals surface area contributed by atoms with Crippen LogP contribution in [-0.4, -0.2) is 17.8 Å². The Hall–Kier alpha value is -2.16. The van der Waals surface area contributed by atoms with Crippen molar-refractivity contribution in [3.05, 3.63) is 41.0 Å². The van der Waals surface area contributed by atoms with Crippen LogP contribution in [0.4, 0.5) is 5.69 Å². The number of benzene rings is 1. The van der Waals surface area contributed by atoms with Crippen molar-refractivity contribution in [3.63, 3.8) is 0 Å². The fourth-order valence-corrected chi connectivity index (χ4v) is 2.10. The molecule has 110 valence electrons. The molecule has 0 unspecified atom stereocenters. The van der Waals surface area contributed by atoms with Gasteiger partial charge in [0.15, 0.2) is 0 Å². The van der Waals surface area contributed by atoms with Crippen molar-refractivity contribution >= 4 is 17.3 Å². The van der Waals surface area contributed by atoms with Crippen LogP contribution < -0.4 is 10.5 Å². The number of ether oxygens (including phenoxy) is 2. The summed E-state index contributed by atoms with van der Waals surface area (Å²) >= 11 is 5.94. The maximum Gasteiger partial charge on any atom is 0.224 e. The highest BCUT2D eigenvalue weighted by atomic mass is 35.5. The predicted octanol–water partition coefficient (Wildman–Crippen LogP) is 3.42. The Morgan fingerprint density at radius 2 is 2.19 bits per heavy atom. The van der Waals surface area contributed by atoms with E-state index >= 15 is 0 Å². The second-order valence-corrected chi connectivity index (χ2v) is 4.75. The molecule has 21 heavy (non-hydrogen) atoms. The summed E-state index contributed by atoms with van der Waals surface area (Å²) in [5, 5.41) is 9.75. The van der Waals surface area contributed by atoms with Gasteiger partial charge in [-0.25, -0.2) is 0 Å². The van der Waals surface area contributed by atoms with Crippen molar-refractivity contribution in [2.45, 2.75) is 13.5 Å². The van der Waals surface area contributed by atoms with Crippen LogP contribution in [0.1, 0.15) is 12.6 Å². The Morgan fingerprint density at radius 3 is 2.86 bits per heavy atom. The lowest BCUT2D eigenvalue weighted by atomic mass is 10.3. The largest absolute Gasteiger partial charge is 0.439 e. The first-order chi connectivity index (χ1) is 10.2. The number of nitrogens with zero attached hydrogens (tertiary/aromatic N) is 2. The van der Waals surface area contributed by atoms with Gasteiger partial charge >= 0.3 is 0 Å². The Kier molecular flexibility index (Phi) is 5.09. The van der Waals surface area contributed by atoms with Gasteiger partial charge in [-0.05, 0) is 25.1 Å². The average molecular weight is 306 g/mol. The first-order valence-corrected chi connectivity index (χ1v) is 6.93. The van der Waals surface area contributed by atoms with Crippen LogP contribution in [0.25, 0.3) is 0 Å². The summed E-state index contributed by atoms with van der Waals surface area (Å²) in [5.41, 5.74) is 6.78. The van der Waals surface area contributed by atoms with Crippen molar-refractivity contribution in [3.8, 4) is 17.7 Å². The maximum absolute atomic E-state index is 9.18. The van der Waals surface area contributed by atoms with Gasteiger partial charge in [0.1, 0.15) is 17.5 Å². The van der Waals surface area contributed by atoms with Crippen LogP contribution in [-0.2, 0) is 11.3 Å². The molecule has 1 aromatic carbocycles. The SMILES string of the molecule is CCOCCn1c(C#N)cc(N)c1Oc1cccc(Cl)c1. The van der Waals surface area contributed by atoms with Gasteiger partial charge in [-0.2, -0.15) is 5.26 Å². The number of nitriles is 1. The van der Waals surface area contributed by atoms with E-state index in [2.05, 4.69) is 6.07 Å². The fraction of sp³-hybridized carbons (Fsp3) is 0.267. The van der Waals surface area contributed by atoms with Gasteiger partial charge in [0.25, 0.3) is 0 Å². The number of nitrogen functional groups attached to an aromatic ring is 1. The highest BCUT2D eigenvalue weighted by Gasteiger charge is 2.15. The summed E-state index contributed by atoms with van der Waals surface area (Å²) in [5.74, 6) is 0.989. The van der Waals surface area contributed by atoms with Crippen molar-refractivity contribution < 1.29 is 9.47 Å². The van der Waals surface area contributed by atoms with E-state index in [1.165, 1.54) is 0 Å². The van der Waals surface area contributed by atoms with Gasteiger partial charge in [0, 0.05) is 17.7 Å². The molecule has 0 bridgehead atoms. The van der Waals surface area contributed by atoms with Crippen molar-refractivity contribution in [1.82, 2.24) is 4.57 Å². The monoisotopic (exact) mass is 305 g/mol. The summed E-state index contributed by atoms with van der Waals surface area (Å²) in [6.45, 7) is 3.50. The normalized spacial score (nSPS) is 10.3. The van der Waals surface area contributed by atoms with Crippen LogP contribution in [0.5, 0.6) is 11.6 Å². The van der Waals surface area contributed by atoms with E-state index in [4.69, 9.17) is 26.8 Å². The number of anilines is 1. The zero-order chi connectivity index (χ0) is 15.2. The van der Waals surface area contributed by atoms with Gasteiger partial charge in [-0.1, -0.05) is 17.7 Å². The number of rotatable bonds is 6. The van der Waals surface area contributed by atoms with Crippen LogP contribution in [0, 0.1) is 11.3 Å². The van der Waals surface area contributed by atoms with Crippen LogP contribution >= 0.6 is 11.6 Å². The molecule has 0 aliphatic rings. The van der Waals surface area contributed by atoms with Crippen LogP contribution in [0.15, 0.2) is 30.3 Å². The quantitative estimate of drug-likeness (QED) is 0.830. The molecular weight excluding hydrogens is 290 g/mol. The van der Waals surface area contributed by atoms with Crippen LogP contribution in [0.3, 0.4) is 0 Å². The fourth-order valence-electron chi connectivity index (χ4n) is 1.92. The third kappa shape index (κ3) is 3.69. The zero-order valence-electron chi connectivity index (χ0n) is 11.7. The molecular formula is C15H16ClN3O2. The van der Waals surface area contributed by atoms with Gasteiger partial charge in [-0.3, -0.25) is 4.57 Å². The first-order valence-electron chi connectivity index (χ1n) is 6.56. The first kappa shape index (κ1) is 15.2. The minimum atomic E-state index is 0.406. The number of halogens is 1. The lowest BCUT2D eigenvalue weighted by Crippen LogP contribution is -2.09. The van der Waals surface area contributed by atoms with E-state index in [1.54, 1.807) is 34.9 Å². The molecule has 2 N–H and O–H groups in total. The molecule has 0 aliphatic heterocycles. The summed E-state index contributed by atoms with van der Waals surface area (Å²) in [7, 11) is 0. The van der Waals surface area contributed by atoms with Gasteiger partial charge in [0.05, 0.1) is 18.8 Å². The highest BCUT2D eigenvalue weighted by molar-refractivity contribution is 6.30. The van der Waals surface area contributed by atoms with Crippen LogP contribution in [0.2, 0.25) is 5.02 Å². The van der Waals surface area contributed by atoms with Gasteiger partial charge in [-0.15, -0.1) is 0 Å². The summed E-state index contributed by atoms with van der Waals surface area (Å²) in [6.07, 6.45) is 0. The van der Waals surface area contributed by atoms with Gasteiger partial charge < -0.3 is 15.2 Å². The molecule has 0 spiro atoms. The second kappa shape index (κ2) is 7.02. The number of hydrogen-bond donors (Lipinski definition) is 1. The number of hydrogen-bond acceptors (Lipinski definition) is 4. The van der Waals surface area contributed by atoms with E-state index in [1.807, 2.05) is 6.92 Å². The lowest BCUT2D eigenvalue weighted by molar-refractivity contribution is 0.137. The van der Waals surface area contributed by atoms with Crippen molar-refractivity contribution in [2.24, 2.45) is 0 Å². The van der Waals surface area contributed by atoms with Gasteiger partial charge in [0.2, 0.25) is 5.88 Å². The Morgan fingerprint density at radius 1 is 1.38 bits per heavy atom. The molecule has 0 aliphatic carbocycles. The summed E-state index contributed by atoms with van der Waals surface area (Å²) < 4.78 is 12.8. The molecule has 0 atom stereocenters. The zero-order valence-corrected chi connectivity index (χ0v) is 12.4. The minimum absolute atomic E-state index is 0.406. The van der Waals surface area contributed by atoms with E-state index in [0.29, 0.717) is 47.8 Å². The summed E-state index contributed by atoms with van der Waals surface area (Å²) in [6, 6.07) is 10.7. The average Bonchev–Trinajstić information content (AvgIpc) is 2.76. The molecule has 0 saturated carbocycles. The Balaban J connectivity index is 2.29. The smallest absolute Gasteiger partial charge is 0.224 e. The molecule has 0 fully saturated rings.